The van der Waals surface area contributed by atoms with Crippen LogP contribution in [0.25, 0.3) is 11.2 Å². The molecule has 0 aliphatic rings. The first-order valence-corrected chi connectivity index (χ1v) is 13.8. The van der Waals surface area contributed by atoms with E-state index in [4.69, 9.17) is 24.9 Å². The van der Waals surface area contributed by atoms with Gasteiger partial charge in [0.2, 0.25) is 5.95 Å². The lowest BCUT2D eigenvalue weighted by atomic mass is 9.98. The third-order valence-corrected chi connectivity index (χ3v) is 6.97. The molecule has 3 aromatic carbocycles. The second kappa shape index (κ2) is 12.6. The second-order valence-corrected chi connectivity index (χ2v) is 10.4. The number of fused-ring (bicyclic) bond motifs is 1. The minimum atomic E-state index is 0.344. The first-order chi connectivity index (χ1) is 20.4. The van der Waals surface area contributed by atoms with Crippen LogP contribution in [0.1, 0.15) is 34.7 Å². The minimum Gasteiger partial charge on any atom is -0.497 e. The highest BCUT2D eigenvalue weighted by atomic mass is 16.5. The molecule has 9 nitrogen and oxygen atoms in total. The van der Waals surface area contributed by atoms with Crippen LogP contribution in [0, 0.1) is 25.2 Å². The van der Waals surface area contributed by atoms with E-state index in [1.807, 2.05) is 59.3 Å². The summed E-state index contributed by atoms with van der Waals surface area (Å²) >= 11 is 0. The maximum Gasteiger partial charge on any atom is 0.250 e. The molecule has 0 saturated heterocycles. The van der Waals surface area contributed by atoms with E-state index in [1.165, 1.54) is 11.8 Å². The van der Waals surface area contributed by atoms with Gasteiger partial charge in [-0.1, -0.05) is 43.3 Å². The first-order valence-electron chi connectivity index (χ1n) is 13.8. The number of anilines is 2. The Labute approximate surface area is 245 Å². The van der Waals surface area contributed by atoms with Crippen molar-refractivity contribution in [2.24, 2.45) is 10.9 Å². The quantitative estimate of drug-likeness (QED) is 0.170. The second-order valence-electron chi connectivity index (χ2n) is 10.4. The number of ether oxygens (including phenoxy) is 2. The van der Waals surface area contributed by atoms with Crippen LogP contribution >= 0.6 is 0 Å². The van der Waals surface area contributed by atoms with Crippen molar-refractivity contribution >= 4 is 35.2 Å². The summed E-state index contributed by atoms with van der Waals surface area (Å²) in [6.45, 7) is 6.84. The summed E-state index contributed by atoms with van der Waals surface area (Å²) in [5.74, 6) is 2.69. The van der Waals surface area contributed by atoms with Crippen LogP contribution in [-0.4, -0.2) is 46.1 Å². The number of methoxy groups -OCH3 is 1. The zero-order valence-electron chi connectivity index (χ0n) is 24.5. The van der Waals surface area contributed by atoms with Gasteiger partial charge < -0.3 is 29.8 Å². The van der Waals surface area contributed by atoms with Crippen LogP contribution in [0.4, 0.5) is 11.6 Å². The van der Waals surface area contributed by atoms with Gasteiger partial charge in [0.1, 0.15) is 11.5 Å². The van der Waals surface area contributed by atoms with Crippen molar-refractivity contribution in [2.45, 2.75) is 33.7 Å². The summed E-state index contributed by atoms with van der Waals surface area (Å²) in [6.07, 6.45) is 5.95. The maximum atomic E-state index is 7.45. The molecule has 5 rings (SSSR count). The van der Waals surface area contributed by atoms with Crippen LogP contribution in [0.15, 0.2) is 72.0 Å². The van der Waals surface area contributed by atoms with E-state index in [2.05, 4.69) is 48.2 Å². The highest BCUT2D eigenvalue weighted by molar-refractivity contribution is 5.80. The fourth-order valence-electron chi connectivity index (χ4n) is 5.01. The Morgan fingerprint density at radius 3 is 2.36 bits per heavy atom. The Hall–Kier alpha value is -5.05. The molecule has 0 spiro atoms. The Morgan fingerprint density at radius 1 is 1.00 bits per heavy atom. The molecule has 0 radical (unpaired) electrons. The zero-order chi connectivity index (χ0) is 29.6. The third-order valence-electron chi connectivity index (χ3n) is 6.97. The largest absolute Gasteiger partial charge is 0.497 e. The number of imidazole rings is 1. The lowest BCUT2D eigenvalue weighted by Crippen LogP contribution is -2.06. The average Bonchev–Trinajstić information content (AvgIpc) is 3.38. The molecule has 2 heterocycles. The fraction of sp³-hybridized carbons (Fsp3) is 0.242. The summed E-state index contributed by atoms with van der Waals surface area (Å²) in [7, 11) is 3.46. The van der Waals surface area contributed by atoms with Crippen molar-refractivity contribution in [3.05, 3.63) is 94.8 Å². The Morgan fingerprint density at radius 2 is 1.71 bits per heavy atom. The van der Waals surface area contributed by atoms with Gasteiger partial charge in [-0.05, 0) is 78.3 Å². The molecule has 0 saturated carbocycles. The average molecular weight is 562 g/mol. The van der Waals surface area contributed by atoms with E-state index >= 15 is 0 Å². The molecule has 42 heavy (non-hydrogen) atoms. The zero-order valence-corrected chi connectivity index (χ0v) is 24.5. The van der Waals surface area contributed by atoms with E-state index < -0.39 is 0 Å². The van der Waals surface area contributed by atoms with Gasteiger partial charge in [0.05, 0.1) is 13.4 Å². The minimum absolute atomic E-state index is 0.344. The smallest absolute Gasteiger partial charge is 0.250 e. The predicted octanol–water partition coefficient (Wildman–Crippen LogP) is 6.91. The molecule has 214 valence electrons. The summed E-state index contributed by atoms with van der Waals surface area (Å²) in [4.78, 5) is 18.3. The molecule has 1 unspecified atom stereocenters. The fourth-order valence-corrected chi connectivity index (χ4v) is 5.01. The van der Waals surface area contributed by atoms with Crippen molar-refractivity contribution in [1.29, 1.82) is 5.41 Å². The lowest BCUT2D eigenvalue weighted by molar-refractivity contribution is 0.414. The van der Waals surface area contributed by atoms with Gasteiger partial charge in [0.15, 0.2) is 11.2 Å². The summed E-state index contributed by atoms with van der Waals surface area (Å²) < 4.78 is 13.9. The van der Waals surface area contributed by atoms with Crippen molar-refractivity contribution in [3.8, 4) is 17.4 Å². The number of hydrogen-bond donors (Lipinski definition) is 2. The molecule has 0 fully saturated rings. The van der Waals surface area contributed by atoms with Crippen molar-refractivity contribution in [2.75, 3.05) is 19.5 Å². The van der Waals surface area contributed by atoms with Crippen LogP contribution in [0.3, 0.4) is 0 Å². The normalized spacial score (nSPS) is 12.0. The lowest BCUT2D eigenvalue weighted by Gasteiger charge is -2.16. The molecule has 2 aromatic heterocycles. The monoisotopic (exact) mass is 561 g/mol. The molecule has 5 aromatic rings. The number of rotatable bonds is 11. The van der Waals surface area contributed by atoms with Gasteiger partial charge in [0.25, 0.3) is 5.88 Å². The molecule has 0 aliphatic carbocycles. The number of aliphatic imine (C=N–C) groups is 1. The molecular formula is C33H35N7O2. The van der Waals surface area contributed by atoms with Gasteiger partial charge >= 0.3 is 0 Å². The molecule has 1 atom stereocenters. The van der Waals surface area contributed by atoms with Crippen LogP contribution in [-0.2, 0) is 13.0 Å². The van der Waals surface area contributed by atoms with Crippen LogP contribution in [0.2, 0.25) is 0 Å². The number of nitrogens with one attached hydrogen (secondary N) is 2. The predicted molar refractivity (Wildman–Crippen MR) is 168 cm³/mol. The number of benzene rings is 3. The van der Waals surface area contributed by atoms with Gasteiger partial charge in [-0.3, -0.25) is 0 Å². The molecule has 0 bridgehead atoms. The van der Waals surface area contributed by atoms with E-state index in [-0.39, 0.29) is 0 Å². The third kappa shape index (κ3) is 6.46. The summed E-state index contributed by atoms with van der Waals surface area (Å²) in [5, 5.41) is 10.7. The number of nitrogens with zero attached hydrogens (tertiary/aromatic N) is 5. The van der Waals surface area contributed by atoms with Crippen LogP contribution < -0.4 is 14.8 Å². The van der Waals surface area contributed by atoms with Crippen molar-refractivity contribution in [1.82, 2.24) is 19.5 Å². The first kappa shape index (κ1) is 28.5. The Balaban J connectivity index is 1.54. The molecule has 0 amide bonds. The van der Waals surface area contributed by atoms with Gasteiger partial charge in [-0.25, -0.2) is 4.98 Å². The molecule has 0 aliphatic heterocycles. The SMILES string of the molecule is CN=CC(C)Cc1cc(C)c(Oc2nc(Nc3ccc(C=N)cc3)nc3ncn(Cc4ccc(OC)cc4)c23)c(C)c1. The highest BCUT2D eigenvalue weighted by Crippen LogP contribution is 2.34. The summed E-state index contributed by atoms with van der Waals surface area (Å²) in [5.41, 5.74) is 7.19. The molecule has 2 N–H and O–H groups in total. The Kier molecular flexibility index (Phi) is 8.57. The number of hydrogen-bond acceptors (Lipinski definition) is 8. The standard InChI is InChI=1S/C33H35N7O2/c1-21(18-35-4)14-26-15-22(2)30(23(3)16-26)42-32-29-31(36-20-40(29)19-25-8-12-28(41-5)13-9-25)38-33(39-32)37-27-10-6-24(17-34)7-11-27/h6-13,15-18,20-21,34H,14,19H2,1-5H3,(H,37,38,39). The Bertz CT molecular complexity index is 1700. The number of aryl methyl sites for hydroxylation is 2. The molecular weight excluding hydrogens is 526 g/mol. The highest BCUT2D eigenvalue weighted by Gasteiger charge is 2.19. The van der Waals surface area contributed by atoms with Crippen molar-refractivity contribution in [3.63, 3.8) is 0 Å². The topological polar surface area (TPSA) is 110 Å². The van der Waals surface area contributed by atoms with E-state index in [0.717, 1.165) is 45.9 Å². The van der Waals surface area contributed by atoms with E-state index in [1.54, 1.807) is 20.5 Å². The number of aromatic nitrogens is 4. The van der Waals surface area contributed by atoms with Gasteiger partial charge in [-0.2, -0.15) is 9.97 Å². The van der Waals surface area contributed by atoms with E-state index in [9.17, 15) is 0 Å². The maximum absolute atomic E-state index is 7.45. The van der Waals surface area contributed by atoms with Gasteiger partial charge in [0, 0.05) is 31.7 Å². The van der Waals surface area contributed by atoms with Crippen LogP contribution in [0.5, 0.6) is 17.4 Å². The molecule has 9 heteroatoms. The van der Waals surface area contributed by atoms with Gasteiger partial charge in [-0.15, -0.1) is 0 Å². The van der Waals surface area contributed by atoms with Crippen molar-refractivity contribution < 1.29 is 9.47 Å². The summed E-state index contributed by atoms with van der Waals surface area (Å²) in [6, 6.07) is 19.7. The van der Waals surface area contributed by atoms with E-state index in [0.29, 0.717) is 35.5 Å².